The van der Waals surface area contributed by atoms with Crippen LogP contribution in [0, 0.1) is 6.92 Å². The predicted molar refractivity (Wildman–Crippen MR) is 90.9 cm³/mol. The maximum atomic E-state index is 12.2. The Morgan fingerprint density at radius 1 is 1.29 bits per heavy atom. The molecule has 0 radical (unpaired) electrons. The third-order valence-corrected chi connectivity index (χ3v) is 5.19. The molecule has 0 aliphatic rings. The van der Waals surface area contributed by atoms with Gasteiger partial charge in [0.15, 0.2) is 0 Å². The number of hydrogen-bond donors (Lipinski definition) is 3. The third kappa shape index (κ3) is 3.16. The number of aliphatic hydroxyl groups excluding tert-OH is 1. The number of fused-ring (bicyclic) bond motifs is 1. The maximum absolute atomic E-state index is 12.2. The molecule has 7 nitrogen and oxygen atoms in total. The van der Waals surface area contributed by atoms with E-state index >= 15 is 0 Å². The van der Waals surface area contributed by atoms with Gasteiger partial charge in [-0.25, -0.2) is 18.1 Å². The first-order chi connectivity index (χ1) is 11.4. The third-order valence-electron chi connectivity index (χ3n) is 3.62. The first kappa shape index (κ1) is 16.6. The zero-order valence-electron chi connectivity index (χ0n) is 13.3. The summed E-state index contributed by atoms with van der Waals surface area (Å²) in [6, 6.07) is 6.43. The number of aromatic amines is 1. The zero-order chi connectivity index (χ0) is 17.3. The first-order valence-electron chi connectivity index (χ1n) is 7.44. The lowest BCUT2D eigenvalue weighted by atomic mass is 10.1. The Bertz CT molecular complexity index is 965. The van der Waals surface area contributed by atoms with Crippen LogP contribution in [-0.2, 0) is 10.0 Å². The molecular weight excluding hydrogens is 328 g/mol. The van der Waals surface area contributed by atoms with Crippen LogP contribution < -0.4 is 4.72 Å². The van der Waals surface area contributed by atoms with Crippen molar-refractivity contribution in [3.8, 4) is 11.3 Å². The van der Waals surface area contributed by atoms with Gasteiger partial charge in [-0.15, -0.1) is 0 Å². The van der Waals surface area contributed by atoms with Gasteiger partial charge >= 0.3 is 0 Å². The summed E-state index contributed by atoms with van der Waals surface area (Å²) in [7, 11) is -3.70. The number of nitrogens with zero attached hydrogens (tertiary/aromatic N) is 2. The molecule has 126 valence electrons. The largest absolute Gasteiger partial charge is 0.395 e. The number of sulfonamides is 1. The Balaban J connectivity index is 1.97. The molecule has 0 spiro atoms. The Morgan fingerprint density at radius 2 is 2.08 bits per heavy atom. The molecule has 0 aliphatic carbocycles. The molecule has 0 bridgehead atoms. The van der Waals surface area contributed by atoms with Crippen molar-refractivity contribution >= 4 is 21.1 Å². The molecule has 3 N–H and O–H groups in total. The summed E-state index contributed by atoms with van der Waals surface area (Å²) in [6.45, 7) is 3.26. The van der Waals surface area contributed by atoms with Crippen molar-refractivity contribution in [2.75, 3.05) is 6.61 Å². The summed E-state index contributed by atoms with van der Waals surface area (Å²) >= 11 is 0. The Morgan fingerprint density at radius 3 is 2.75 bits per heavy atom. The lowest BCUT2D eigenvalue weighted by Crippen LogP contribution is -2.35. The second-order valence-corrected chi connectivity index (χ2v) is 7.37. The molecule has 0 saturated carbocycles. The molecule has 3 aromatic rings. The molecular formula is C16H18N4O3S. The smallest absolute Gasteiger partial charge is 0.242 e. The summed E-state index contributed by atoms with van der Waals surface area (Å²) in [6.07, 6.45) is 3.00. The molecule has 0 amide bonds. The topological polar surface area (TPSA) is 108 Å². The zero-order valence-corrected chi connectivity index (χ0v) is 14.1. The van der Waals surface area contributed by atoms with Gasteiger partial charge in [-0.1, -0.05) is 0 Å². The van der Waals surface area contributed by atoms with E-state index in [-0.39, 0.29) is 11.5 Å². The summed E-state index contributed by atoms with van der Waals surface area (Å²) in [5.74, 6) is 0. The number of aliphatic hydroxyl groups is 1. The first-order valence-corrected chi connectivity index (χ1v) is 8.93. The van der Waals surface area contributed by atoms with Gasteiger partial charge < -0.3 is 10.1 Å². The Hall–Kier alpha value is -2.29. The van der Waals surface area contributed by atoms with E-state index in [1.54, 1.807) is 19.2 Å². The van der Waals surface area contributed by atoms with Gasteiger partial charge in [-0.05, 0) is 38.1 Å². The number of aromatic nitrogens is 3. The highest BCUT2D eigenvalue weighted by molar-refractivity contribution is 7.89. The molecule has 3 aromatic heterocycles. The minimum Gasteiger partial charge on any atom is -0.395 e. The van der Waals surface area contributed by atoms with Crippen LogP contribution in [0.25, 0.3) is 22.3 Å². The predicted octanol–water partition coefficient (Wildman–Crippen LogP) is 1.59. The number of aryl methyl sites for hydroxylation is 1. The number of hydrogen-bond acceptors (Lipinski definition) is 5. The van der Waals surface area contributed by atoms with Crippen LogP contribution in [0.5, 0.6) is 0 Å². The van der Waals surface area contributed by atoms with E-state index < -0.39 is 16.1 Å². The van der Waals surface area contributed by atoms with E-state index in [0.717, 1.165) is 22.3 Å². The van der Waals surface area contributed by atoms with Gasteiger partial charge in [0.1, 0.15) is 10.5 Å². The summed E-state index contributed by atoms with van der Waals surface area (Å²) in [4.78, 5) is 11.8. The van der Waals surface area contributed by atoms with Gasteiger partial charge in [0.2, 0.25) is 10.0 Å². The quantitative estimate of drug-likeness (QED) is 0.650. The van der Waals surface area contributed by atoms with Crippen LogP contribution in [0.2, 0.25) is 0 Å². The van der Waals surface area contributed by atoms with Crippen molar-refractivity contribution in [3.05, 3.63) is 42.4 Å². The monoisotopic (exact) mass is 346 g/mol. The lowest BCUT2D eigenvalue weighted by Gasteiger charge is -2.11. The number of H-pyrrole nitrogens is 1. The van der Waals surface area contributed by atoms with Gasteiger partial charge in [0.05, 0.1) is 12.3 Å². The molecule has 1 unspecified atom stereocenters. The fraction of sp³-hybridized carbons (Fsp3) is 0.250. The number of nitrogens with one attached hydrogen (secondary N) is 2. The fourth-order valence-corrected chi connectivity index (χ4v) is 3.63. The maximum Gasteiger partial charge on any atom is 0.242 e. The summed E-state index contributed by atoms with van der Waals surface area (Å²) < 4.78 is 26.8. The molecule has 1 atom stereocenters. The Kier molecular flexibility index (Phi) is 4.35. The second kappa shape index (κ2) is 6.31. The molecule has 8 heteroatoms. The van der Waals surface area contributed by atoms with Crippen molar-refractivity contribution in [1.82, 2.24) is 19.7 Å². The fourth-order valence-electron chi connectivity index (χ4n) is 2.45. The number of rotatable bonds is 5. The van der Waals surface area contributed by atoms with Gasteiger partial charge in [-0.2, -0.15) is 0 Å². The van der Waals surface area contributed by atoms with E-state index in [1.807, 2.05) is 19.1 Å². The molecule has 3 heterocycles. The summed E-state index contributed by atoms with van der Waals surface area (Å²) in [5.41, 5.74) is 3.30. The Labute approximate surface area is 139 Å². The highest BCUT2D eigenvalue weighted by Crippen LogP contribution is 2.27. The van der Waals surface area contributed by atoms with Crippen LogP contribution in [0.4, 0.5) is 0 Å². The van der Waals surface area contributed by atoms with Crippen LogP contribution in [0.1, 0.15) is 12.6 Å². The number of pyridine rings is 2. The molecule has 0 saturated heterocycles. The lowest BCUT2D eigenvalue weighted by molar-refractivity contribution is 0.265. The van der Waals surface area contributed by atoms with Gasteiger partial charge in [0, 0.05) is 35.1 Å². The van der Waals surface area contributed by atoms with E-state index in [0.29, 0.717) is 5.69 Å². The minimum atomic E-state index is -3.70. The van der Waals surface area contributed by atoms with E-state index in [2.05, 4.69) is 19.7 Å². The van der Waals surface area contributed by atoms with E-state index in [1.165, 1.54) is 12.3 Å². The second-order valence-electron chi connectivity index (χ2n) is 5.66. The van der Waals surface area contributed by atoms with Crippen molar-refractivity contribution in [1.29, 1.82) is 0 Å². The van der Waals surface area contributed by atoms with Crippen LogP contribution in [-0.4, -0.2) is 41.1 Å². The van der Waals surface area contributed by atoms with Crippen LogP contribution >= 0.6 is 0 Å². The van der Waals surface area contributed by atoms with E-state index in [9.17, 15) is 8.42 Å². The van der Waals surface area contributed by atoms with Gasteiger partial charge in [0.25, 0.3) is 0 Å². The van der Waals surface area contributed by atoms with Crippen molar-refractivity contribution in [2.45, 2.75) is 24.8 Å². The highest BCUT2D eigenvalue weighted by Gasteiger charge is 2.18. The summed E-state index contributed by atoms with van der Waals surface area (Å²) in [5, 5.41) is 9.92. The molecule has 24 heavy (non-hydrogen) atoms. The SMILES string of the molecule is Cc1cc2c(-c3ccc(S(=O)(=O)NC(C)CO)cn3)ccnc2[nH]1. The highest BCUT2D eigenvalue weighted by atomic mass is 32.2. The standard InChI is InChI=1S/C16H18N4O3S/c1-10-7-14-13(5-6-17-16(14)19-10)15-4-3-12(8-18-15)24(22,23)20-11(2)9-21/h3-8,11,20-21H,9H2,1-2H3,(H,17,19). The molecule has 0 aliphatic heterocycles. The minimum absolute atomic E-state index is 0.0575. The average molecular weight is 346 g/mol. The van der Waals surface area contributed by atoms with Crippen molar-refractivity contribution in [2.24, 2.45) is 0 Å². The normalized spacial score (nSPS) is 13.3. The van der Waals surface area contributed by atoms with Gasteiger partial charge in [-0.3, -0.25) is 4.98 Å². The van der Waals surface area contributed by atoms with Crippen molar-refractivity contribution < 1.29 is 13.5 Å². The molecule has 0 fully saturated rings. The van der Waals surface area contributed by atoms with Crippen LogP contribution in [0.15, 0.2) is 41.6 Å². The average Bonchev–Trinajstić information content (AvgIpc) is 2.94. The molecule has 0 aromatic carbocycles. The van der Waals surface area contributed by atoms with E-state index in [4.69, 9.17) is 5.11 Å². The van der Waals surface area contributed by atoms with Crippen LogP contribution in [0.3, 0.4) is 0 Å². The van der Waals surface area contributed by atoms with Crippen molar-refractivity contribution in [3.63, 3.8) is 0 Å². The molecule has 3 rings (SSSR count).